The van der Waals surface area contributed by atoms with Crippen LogP contribution >= 0.6 is 0 Å². The molecule has 0 aliphatic carbocycles. The van der Waals surface area contributed by atoms with Crippen molar-refractivity contribution in [1.29, 1.82) is 0 Å². The van der Waals surface area contributed by atoms with E-state index in [1.54, 1.807) is 12.1 Å². The Labute approximate surface area is 152 Å². The van der Waals surface area contributed by atoms with Gasteiger partial charge in [-0.3, -0.25) is 9.59 Å². The van der Waals surface area contributed by atoms with Gasteiger partial charge in [0.05, 0.1) is 0 Å². The lowest BCUT2D eigenvalue weighted by Gasteiger charge is -2.24. The van der Waals surface area contributed by atoms with Crippen molar-refractivity contribution >= 4 is 22.5 Å². The Hall–Kier alpha value is -3.08. The minimum absolute atomic E-state index is 0.0564. The van der Waals surface area contributed by atoms with Crippen LogP contribution in [0.2, 0.25) is 0 Å². The molecule has 1 heterocycles. The van der Waals surface area contributed by atoms with Gasteiger partial charge >= 0.3 is 0 Å². The van der Waals surface area contributed by atoms with Crippen LogP contribution in [0.1, 0.15) is 24.2 Å². The summed E-state index contributed by atoms with van der Waals surface area (Å²) >= 11 is 0. The van der Waals surface area contributed by atoms with E-state index in [0.717, 1.165) is 11.2 Å². The first-order valence-corrected chi connectivity index (χ1v) is 8.76. The average molecular weight is 349 g/mol. The summed E-state index contributed by atoms with van der Waals surface area (Å²) in [5.41, 5.74) is 1.60. The van der Waals surface area contributed by atoms with E-state index in [-0.39, 0.29) is 22.9 Å². The van der Waals surface area contributed by atoms with Crippen LogP contribution in [0, 0.1) is 5.92 Å². The molecule has 0 bridgehead atoms. The highest BCUT2D eigenvalue weighted by atomic mass is 16.2. The first kappa shape index (κ1) is 17.7. The second kappa shape index (κ2) is 7.87. The average Bonchev–Trinajstić information content (AvgIpc) is 2.66. The molecule has 5 nitrogen and oxygen atoms in total. The van der Waals surface area contributed by atoms with Crippen molar-refractivity contribution in [2.75, 3.05) is 11.9 Å². The number of nitrogens with one attached hydrogen (secondary N) is 3. The van der Waals surface area contributed by atoms with Crippen LogP contribution in [0.5, 0.6) is 0 Å². The summed E-state index contributed by atoms with van der Waals surface area (Å²) in [6.45, 7) is 4.61. The maximum absolute atomic E-state index is 12.5. The van der Waals surface area contributed by atoms with Gasteiger partial charge in [0.15, 0.2) is 0 Å². The molecule has 2 aromatic carbocycles. The highest BCUT2D eigenvalue weighted by Crippen LogP contribution is 2.12. The highest BCUT2D eigenvalue weighted by molar-refractivity contribution is 5.97. The quantitative estimate of drug-likeness (QED) is 0.638. The van der Waals surface area contributed by atoms with E-state index < -0.39 is 0 Å². The number of hydrogen-bond donors (Lipinski definition) is 3. The lowest BCUT2D eigenvalue weighted by molar-refractivity contribution is 0.0949. The zero-order chi connectivity index (χ0) is 18.5. The van der Waals surface area contributed by atoms with E-state index in [9.17, 15) is 9.59 Å². The second-order valence-corrected chi connectivity index (χ2v) is 6.65. The molecule has 3 N–H and O–H groups in total. The molecule has 1 amide bonds. The number of anilines is 1. The molecule has 0 fully saturated rings. The molecular formula is C21H23N3O2. The predicted molar refractivity (Wildman–Crippen MR) is 106 cm³/mol. The first-order valence-electron chi connectivity index (χ1n) is 8.76. The van der Waals surface area contributed by atoms with Crippen molar-refractivity contribution < 1.29 is 4.79 Å². The normalized spacial score (nSPS) is 12.1. The second-order valence-electron chi connectivity index (χ2n) is 6.65. The Morgan fingerprint density at radius 1 is 1.04 bits per heavy atom. The van der Waals surface area contributed by atoms with Crippen LogP contribution in [0.15, 0.2) is 65.6 Å². The van der Waals surface area contributed by atoms with E-state index in [2.05, 4.69) is 29.5 Å². The molecule has 0 saturated heterocycles. The third kappa shape index (κ3) is 3.94. The maximum Gasteiger partial charge on any atom is 0.256 e. The van der Waals surface area contributed by atoms with Crippen molar-refractivity contribution in [3.8, 4) is 0 Å². The molecule has 26 heavy (non-hydrogen) atoms. The molecule has 1 atom stereocenters. The summed E-state index contributed by atoms with van der Waals surface area (Å²) in [6.07, 6.45) is 1.48. The molecule has 0 radical (unpaired) electrons. The zero-order valence-electron chi connectivity index (χ0n) is 15.0. The van der Waals surface area contributed by atoms with Gasteiger partial charge in [0, 0.05) is 35.4 Å². The number of benzene rings is 2. The van der Waals surface area contributed by atoms with Crippen LogP contribution in [-0.4, -0.2) is 23.5 Å². The molecule has 0 aliphatic rings. The Morgan fingerprint density at radius 2 is 1.73 bits per heavy atom. The predicted octanol–water partition coefficient (Wildman–Crippen LogP) is 3.39. The SMILES string of the molecule is CC(C)[C@@H](CNC(=O)c1c[nH]c2ccccc2c1=O)Nc1ccccc1. The fraction of sp³-hybridized carbons (Fsp3) is 0.238. The van der Waals surface area contributed by atoms with Crippen LogP contribution < -0.4 is 16.1 Å². The number of H-pyrrole nitrogens is 1. The number of amides is 1. The smallest absolute Gasteiger partial charge is 0.256 e. The number of rotatable bonds is 6. The molecule has 5 heteroatoms. The van der Waals surface area contributed by atoms with E-state index in [4.69, 9.17) is 0 Å². The molecule has 3 rings (SSSR count). The number of pyridine rings is 1. The molecule has 3 aromatic rings. The number of carbonyl (C=O) groups is 1. The van der Waals surface area contributed by atoms with Crippen molar-refractivity contribution in [3.63, 3.8) is 0 Å². The van der Waals surface area contributed by atoms with Crippen molar-refractivity contribution in [3.05, 3.63) is 76.6 Å². The molecule has 134 valence electrons. The third-order valence-corrected chi connectivity index (χ3v) is 4.45. The van der Waals surface area contributed by atoms with Gasteiger partial charge in [-0.2, -0.15) is 0 Å². The van der Waals surface area contributed by atoms with Crippen molar-refractivity contribution in [2.45, 2.75) is 19.9 Å². The maximum atomic E-state index is 12.5. The largest absolute Gasteiger partial charge is 0.380 e. The minimum Gasteiger partial charge on any atom is -0.380 e. The zero-order valence-corrected chi connectivity index (χ0v) is 15.0. The van der Waals surface area contributed by atoms with Crippen LogP contribution in [0.25, 0.3) is 10.9 Å². The number of fused-ring (bicyclic) bond motifs is 1. The monoisotopic (exact) mass is 349 g/mol. The van der Waals surface area contributed by atoms with E-state index >= 15 is 0 Å². The molecule has 0 spiro atoms. The number of hydrogen-bond acceptors (Lipinski definition) is 3. The summed E-state index contributed by atoms with van der Waals surface area (Å²) in [7, 11) is 0. The summed E-state index contributed by atoms with van der Waals surface area (Å²) in [5, 5.41) is 6.83. The number of para-hydroxylation sites is 2. The van der Waals surface area contributed by atoms with Gasteiger partial charge in [0.25, 0.3) is 5.91 Å². The summed E-state index contributed by atoms with van der Waals surface area (Å²) < 4.78 is 0. The van der Waals surface area contributed by atoms with Crippen LogP contribution in [0.4, 0.5) is 5.69 Å². The molecule has 0 aliphatic heterocycles. The van der Waals surface area contributed by atoms with Gasteiger partial charge in [-0.05, 0) is 30.2 Å². The standard InChI is InChI=1S/C21H23N3O2/c1-14(2)19(24-15-8-4-3-5-9-15)13-23-21(26)17-12-22-18-11-7-6-10-16(18)20(17)25/h3-12,14,19,24H,13H2,1-2H3,(H,22,25)(H,23,26)/t19-/m1/s1. The summed E-state index contributed by atoms with van der Waals surface area (Å²) in [4.78, 5) is 28.1. The molecule has 0 saturated carbocycles. The summed E-state index contributed by atoms with van der Waals surface area (Å²) in [6, 6.07) is 17.1. The Kier molecular flexibility index (Phi) is 5.37. The van der Waals surface area contributed by atoms with Gasteiger partial charge in [-0.25, -0.2) is 0 Å². The van der Waals surface area contributed by atoms with E-state index in [1.165, 1.54) is 6.20 Å². The van der Waals surface area contributed by atoms with Gasteiger partial charge in [-0.15, -0.1) is 0 Å². The molecule has 0 unspecified atom stereocenters. The van der Waals surface area contributed by atoms with E-state index in [1.807, 2.05) is 42.5 Å². The molecular weight excluding hydrogens is 326 g/mol. The van der Waals surface area contributed by atoms with Gasteiger partial charge in [-0.1, -0.05) is 44.2 Å². The Balaban J connectivity index is 1.72. The van der Waals surface area contributed by atoms with Crippen molar-refractivity contribution in [1.82, 2.24) is 10.3 Å². The number of carbonyl (C=O) groups excluding carboxylic acids is 1. The van der Waals surface area contributed by atoms with Gasteiger partial charge < -0.3 is 15.6 Å². The lowest BCUT2D eigenvalue weighted by Crippen LogP contribution is -2.40. The Morgan fingerprint density at radius 3 is 2.46 bits per heavy atom. The van der Waals surface area contributed by atoms with E-state index in [0.29, 0.717) is 17.8 Å². The topological polar surface area (TPSA) is 74.0 Å². The number of aromatic nitrogens is 1. The van der Waals surface area contributed by atoms with Crippen LogP contribution in [0.3, 0.4) is 0 Å². The number of aromatic amines is 1. The van der Waals surface area contributed by atoms with Gasteiger partial charge in [0.2, 0.25) is 5.43 Å². The van der Waals surface area contributed by atoms with Crippen molar-refractivity contribution in [2.24, 2.45) is 5.92 Å². The first-order chi connectivity index (χ1) is 12.6. The van der Waals surface area contributed by atoms with Gasteiger partial charge in [0.1, 0.15) is 5.56 Å². The molecule has 1 aromatic heterocycles. The fourth-order valence-electron chi connectivity index (χ4n) is 2.84. The summed E-state index contributed by atoms with van der Waals surface area (Å²) in [5.74, 6) is -0.0529. The fourth-order valence-corrected chi connectivity index (χ4v) is 2.84. The lowest BCUT2D eigenvalue weighted by atomic mass is 10.0. The minimum atomic E-state index is -0.363. The highest BCUT2D eigenvalue weighted by Gasteiger charge is 2.17. The third-order valence-electron chi connectivity index (χ3n) is 4.45. The van der Waals surface area contributed by atoms with Crippen LogP contribution in [-0.2, 0) is 0 Å². The Bertz CT molecular complexity index is 948.